The van der Waals surface area contributed by atoms with Crippen LogP contribution in [0.5, 0.6) is 0 Å². The van der Waals surface area contributed by atoms with Crippen LogP contribution in [0, 0.1) is 0 Å². The number of hydrogen-bond donors (Lipinski definition) is 0. The molecule has 0 bridgehead atoms. The molecule has 0 aromatic carbocycles. The van der Waals surface area contributed by atoms with E-state index in [2.05, 4.69) is 40.4 Å². The molecule has 0 radical (unpaired) electrons. The van der Waals surface area contributed by atoms with Crippen LogP contribution in [0.1, 0.15) is 20.8 Å². The van der Waals surface area contributed by atoms with Gasteiger partial charge < -0.3 is 8.13 Å². The molecule has 9 heavy (non-hydrogen) atoms. The van der Waals surface area contributed by atoms with Gasteiger partial charge in [0.1, 0.15) is 0 Å². The zero-order valence-corrected chi connectivity index (χ0v) is 9.34. The van der Waals surface area contributed by atoms with Crippen LogP contribution in [0.4, 0.5) is 0 Å². The molecule has 0 fully saturated rings. The highest BCUT2D eigenvalue weighted by atomic mass is 31.3. The molecule has 0 saturated carbocycles. The Hall–Kier alpha value is 0.647. The van der Waals surface area contributed by atoms with Gasteiger partial charge in [-0.2, -0.15) is 5.16 Å². The van der Waals surface area contributed by atoms with Crippen LogP contribution in [-0.2, 0) is 0 Å². The molecule has 0 aliphatic carbocycles. The summed E-state index contributed by atoms with van der Waals surface area (Å²) in [5.41, 5.74) is 0. The lowest BCUT2D eigenvalue weighted by Gasteiger charge is -2.45. The third-order valence-corrected chi connectivity index (χ3v) is 6.04. The topological polar surface area (TPSA) is 0 Å². The summed E-state index contributed by atoms with van der Waals surface area (Å²) >= 11 is 0. The Bertz CT molecular complexity index is 74.1. The van der Waals surface area contributed by atoms with Gasteiger partial charge in [-0.25, -0.2) is 0 Å². The Morgan fingerprint density at radius 1 is 1.00 bits per heavy atom. The molecule has 0 N–H and O–H groups in total. The van der Waals surface area contributed by atoms with Crippen molar-refractivity contribution in [2.24, 2.45) is 0 Å². The summed E-state index contributed by atoms with van der Waals surface area (Å²) in [4.78, 5) is 0. The highest BCUT2D eigenvalue weighted by Crippen LogP contribution is 2.39. The van der Waals surface area contributed by atoms with E-state index in [4.69, 9.17) is 0 Å². The first kappa shape index (κ1) is 9.65. The van der Waals surface area contributed by atoms with Crippen molar-refractivity contribution >= 4 is 15.9 Å². The minimum Gasteiger partial charge on any atom is -0.535 e. The fraction of sp³-hybridized carbons (Fsp3) is 1.00. The molecule has 0 aliphatic heterocycles. The molecular weight excluding hydrogens is 143 g/mol. The Labute approximate surface area is 62.1 Å². The molecule has 0 spiro atoms. The van der Waals surface area contributed by atoms with Gasteiger partial charge in [0, 0.05) is 0 Å². The van der Waals surface area contributed by atoms with Crippen molar-refractivity contribution < 1.29 is 0 Å². The van der Waals surface area contributed by atoms with E-state index < -0.39 is 7.74 Å². The molecule has 0 rings (SSSR count). The predicted molar refractivity (Wildman–Crippen MR) is 50.0 cm³/mol. The summed E-state index contributed by atoms with van der Waals surface area (Å²) in [5, 5.41) is 0.518. The summed E-state index contributed by atoms with van der Waals surface area (Å²) in [6.45, 7) is 14.2. The van der Waals surface area contributed by atoms with Crippen LogP contribution in [0.25, 0.3) is 0 Å². The minimum absolute atomic E-state index is 0.518. The minimum atomic E-state index is -0.820. The van der Waals surface area contributed by atoms with Crippen molar-refractivity contribution in [2.45, 2.75) is 45.6 Å². The van der Waals surface area contributed by atoms with Crippen molar-refractivity contribution in [2.75, 3.05) is 0 Å². The fourth-order valence-corrected chi connectivity index (χ4v) is 9.06. The Balaban J connectivity index is 3.75. The van der Waals surface area contributed by atoms with Gasteiger partial charge >= 0.3 is 0 Å². The first-order chi connectivity index (χ1) is 3.71. The van der Waals surface area contributed by atoms with Crippen molar-refractivity contribution in [1.82, 2.24) is 0 Å². The van der Waals surface area contributed by atoms with Crippen LogP contribution in [-0.4, -0.2) is 12.9 Å². The zero-order valence-electron chi connectivity index (χ0n) is 7.45. The van der Waals surface area contributed by atoms with Crippen LogP contribution in [0.3, 0.4) is 0 Å². The number of rotatable bonds is 1. The summed E-state index contributed by atoms with van der Waals surface area (Å²) in [6.07, 6.45) is 0. The summed E-state index contributed by atoms with van der Waals surface area (Å²) in [6, 6.07) is 0. The molecule has 0 atom stereocenters. The molecule has 0 aliphatic rings. The van der Waals surface area contributed by atoms with Gasteiger partial charge in [-0.3, -0.25) is 0 Å². The lowest BCUT2D eigenvalue weighted by atomic mass is 10.3. The second kappa shape index (κ2) is 2.71. The van der Waals surface area contributed by atoms with Crippen LogP contribution < -0.4 is 0 Å². The van der Waals surface area contributed by atoms with E-state index in [0.29, 0.717) is 5.16 Å². The van der Waals surface area contributed by atoms with E-state index in [9.17, 15) is 0 Å². The number of hydrogen-bond acceptors (Lipinski definition) is 0. The Kier molecular flexibility index (Phi) is 2.91. The first-order valence-electron chi connectivity index (χ1n) is 3.45. The molecule has 56 valence electrons. The van der Waals surface area contributed by atoms with Gasteiger partial charge in [0.25, 0.3) is 0 Å². The van der Waals surface area contributed by atoms with Gasteiger partial charge in [0.05, 0.1) is 0 Å². The third kappa shape index (κ3) is 8.65. The Morgan fingerprint density at radius 2 is 1.33 bits per heavy atom. The lowest BCUT2D eigenvalue weighted by Crippen LogP contribution is -2.21. The monoisotopic (exact) mass is 161 g/mol. The van der Waals surface area contributed by atoms with Crippen molar-refractivity contribution in [3.8, 4) is 0 Å². The van der Waals surface area contributed by atoms with Gasteiger partial charge in [-0.1, -0.05) is 40.4 Å². The van der Waals surface area contributed by atoms with E-state index >= 15 is 0 Å². The second-order valence-electron chi connectivity index (χ2n) is 4.45. The van der Waals surface area contributed by atoms with E-state index in [-0.39, 0.29) is 0 Å². The maximum absolute atomic E-state index is 2.42. The molecule has 0 heterocycles. The third-order valence-electron chi connectivity index (χ3n) is 0.671. The largest absolute Gasteiger partial charge is 0.535 e. The van der Waals surface area contributed by atoms with Crippen LogP contribution in [0.15, 0.2) is 0 Å². The Morgan fingerprint density at radius 3 is 1.33 bits per heavy atom. The quantitative estimate of drug-likeness (QED) is 0.407. The van der Waals surface area contributed by atoms with E-state index in [1.165, 1.54) is 0 Å². The van der Waals surface area contributed by atoms with Crippen molar-refractivity contribution in [1.29, 1.82) is 0 Å². The predicted octanol–water partition coefficient (Wildman–Crippen LogP) is 3.57. The smallest absolute Gasteiger partial charge is 0.0866 e. The van der Waals surface area contributed by atoms with Crippen LogP contribution >= 0.6 is 8.13 Å². The van der Waals surface area contributed by atoms with E-state index in [0.717, 1.165) is 0 Å². The van der Waals surface area contributed by atoms with Crippen molar-refractivity contribution in [3.05, 3.63) is 0 Å². The van der Waals surface area contributed by atoms with Gasteiger partial charge in [0.2, 0.25) is 0 Å². The van der Waals surface area contributed by atoms with Gasteiger partial charge in [0.15, 0.2) is 0 Å². The standard InChI is InChI=1S/C7H18PSi/c1-7(2,3)8-9(4,5)6/h1-6H3/q-1. The molecule has 0 amide bonds. The maximum atomic E-state index is 2.42. The highest BCUT2D eigenvalue weighted by molar-refractivity contribution is 7.82. The summed E-state index contributed by atoms with van der Waals surface area (Å²) < 4.78 is 0. The maximum Gasteiger partial charge on any atom is -0.0866 e. The average molecular weight is 161 g/mol. The SMILES string of the molecule is CC(C)(C)[P-][Si](C)(C)C. The normalized spacial score (nSPS) is 15.3. The van der Waals surface area contributed by atoms with E-state index in [1.54, 1.807) is 8.13 Å². The van der Waals surface area contributed by atoms with Gasteiger partial charge in [-0.05, 0) is 0 Å². The second-order valence-corrected chi connectivity index (χ2v) is 15.1. The molecular formula is C7H18PSi-. The average Bonchev–Trinajstić information content (AvgIpc) is 1.14. The molecule has 0 nitrogen and oxygen atoms in total. The van der Waals surface area contributed by atoms with E-state index in [1.807, 2.05) is 0 Å². The van der Waals surface area contributed by atoms with Gasteiger partial charge in [-0.15, -0.1) is 7.74 Å². The fourth-order valence-electron chi connectivity index (χ4n) is 1.01. The van der Waals surface area contributed by atoms with Crippen molar-refractivity contribution in [3.63, 3.8) is 0 Å². The van der Waals surface area contributed by atoms with Crippen LogP contribution in [0.2, 0.25) is 19.6 Å². The lowest BCUT2D eigenvalue weighted by molar-refractivity contribution is 0.800. The first-order valence-corrected chi connectivity index (χ1v) is 8.68. The molecule has 0 unspecified atom stereocenters. The summed E-state index contributed by atoms with van der Waals surface area (Å²) in [7, 11) is 0.851. The molecule has 0 aromatic heterocycles. The molecule has 0 saturated heterocycles. The molecule has 2 heteroatoms. The molecule has 0 aromatic rings. The highest BCUT2D eigenvalue weighted by Gasteiger charge is 2.05. The summed E-state index contributed by atoms with van der Waals surface area (Å²) in [5.74, 6) is 0. The zero-order chi connectivity index (χ0) is 7.71.